The van der Waals surface area contributed by atoms with Gasteiger partial charge in [-0.1, -0.05) is 324 Å². The predicted molar refractivity (Wildman–Crippen MR) is 372 cm³/mol. The van der Waals surface area contributed by atoms with Crippen LogP contribution in [0.5, 0.6) is 0 Å². The lowest BCUT2D eigenvalue weighted by Crippen LogP contribution is -2.30. The Kier molecular flexibility index (Phi) is 63.7. The minimum atomic E-state index is -4.95. The average Bonchev–Trinajstić information content (AvgIpc) is 1.59. The highest BCUT2D eigenvalue weighted by Gasteiger charge is 2.30. The molecule has 0 spiro atoms. The van der Waals surface area contributed by atoms with Gasteiger partial charge in [0.25, 0.3) is 0 Å². The molecule has 92 heavy (non-hydrogen) atoms. The largest absolute Gasteiger partial charge is 0.472 e. The Morgan fingerprint density at radius 2 is 0.554 bits per heavy atom. The van der Waals surface area contributed by atoms with Gasteiger partial charge in [-0.05, 0) is 37.5 Å². The highest BCUT2D eigenvalue weighted by molar-refractivity contribution is 7.47. The molecule has 0 amide bonds. The van der Waals surface area contributed by atoms with E-state index in [0.717, 1.165) is 102 Å². The molecule has 3 N–H and O–H groups in total. The summed E-state index contributed by atoms with van der Waals surface area (Å²) >= 11 is 0. The van der Waals surface area contributed by atoms with Crippen LogP contribution in [0.2, 0.25) is 0 Å². The number of esters is 4. The molecule has 0 aromatic carbocycles. The first-order chi connectivity index (χ1) is 44.4. The Balaban J connectivity index is 5.22. The SMILES string of the molecule is CCCCCCCCCCCCC(=O)O[C@H](COC(=O)CCCCCCCCCCC)COP(=O)(O)OC[C@H](O)COP(=O)(O)OC[C@@H](COC(=O)CCCCCCCCCCCCCCC(C)C)OC(=O)CCCCCCCCCCCCCCCCC(C)CC. The zero-order valence-electron chi connectivity index (χ0n) is 59.9. The summed E-state index contributed by atoms with van der Waals surface area (Å²) in [6.07, 6.45) is 51.2. The van der Waals surface area contributed by atoms with Crippen molar-refractivity contribution in [2.45, 2.75) is 394 Å². The topological polar surface area (TPSA) is 237 Å². The zero-order chi connectivity index (χ0) is 67.9. The van der Waals surface area contributed by atoms with E-state index in [0.29, 0.717) is 25.7 Å². The van der Waals surface area contributed by atoms with Crippen LogP contribution in [-0.2, 0) is 65.4 Å². The van der Waals surface area contributed by atoms with Crippen LogP contribution in [0.3, 0.4) is 0 Å². The summed E-state index contributed by atoms with van der Waals surface area (Å²) in [5.41, 5.74) is 0. The molecule has 0 aromatic heterocycles. The minimum Gasteiger partial charge on any atom is -0.462 e. The Hall–Kier alpha value is -1.94. The lowest BCUT2D eigenvalue weighted by atomic mass is 9.99. The second-order valence-corrected chi connectivity index (χ2v) is 30.0. The quantitative estimate of drug-likeness (QED) is 0.0222. The Bertz CT molecular complexity index is 1790. The van der Waals surface area contributed by atoms with E-state index in [1.165, 1.54) is 193 Å². The summed E-state index contributed by atoms with van der Waals surface area (Å²) in [7, 11) is -9.90. The van der Waals surface area contributed by atoms with Gasteiger partial charge in [0.05, 0.1) is 26.4 Å². The number of phosphoric ester groups is 2. The number of hydrogen-bond donors (Lipinski definition) is 3. The molecule has 0 saturated heterocycles. The van der Waals surface area contributed by atoms with Crippen LogP contribution in [0.25, 0.3) is 0 Å². The molecular formula is C73H142O17P2. The third kappa shape index (κ3) is 65.4. The van der Waals surface area contributed by atoms with E-state index in [4.69, 9.17) is 37.0 Å². The molecule has 3 unspecified atom stereocenters. The van der Waals surface area contributed by atoms with Gasteiger partial charge in [0.1, 0.15) is 19.3 Å². The minimum absolute atomic E-state index is 0.106. The molecule has 546 valence electrons. The summed E-state index contributed by atoms with van der Waals surface area (Å²) in [6, 6.07) is 0. The molecule has 0 saturated carbocycles. The maximum atomic E-state index is 13.1. The number of rotatable bonds is 72. The molecule has 0 heterocycles. The molecule has 19 heteroatoms. The Morgan fingerprint density at radius 1 is 0.315 bits per heavy atom. The van der Waals surface area contributed by atoms with Crippen molar-refractivity contribution in [3.05, 3.63) is 0 Å². The van der Waals surface area contributed by atoms with Crippen molar-refractivity contribution in [3.8, 4) is 0 Å². The predicted octanol–water partition coefficient (Wildman–Crippen LogP) is 21.2. The van der Waals surface area contributed by atoms with E-state index < -0.39 is 97.5 Å². The van der Waals surface area contributed by atoms with Gasteiger partial charge < -0.3 is 33.8 Å². The molecule has 0 fully saturated rings. The van der Waals surface area contributed by atoms with Crippen molar-refractivity contribution in [3.63, 3.8) is 0 Å². The lowest BCUT2D eigenvalue weighted by molar-refractivity contribution is -0.161. The smallest absolute Gasteiger partial charge is 0.462 e. The normalized spacial score (nSPS) is 14.4. The van der Waals surface area contributed by atoms with Gasteiger partial charge in [0.2, 0.25) is 0 Å². The Labute approximate surface area is 562 Å². The molecule has 0 aliphatic heterocycles. The van der Waals surface area contributed by atoms with Crippen LogP contribution in [0.4, 0.5) is 0 Å². The number of phosphoric acid groups is 2. The van der Waals surface area contributed by atoms with E-state index in [2.05, 4.69) is 41.5 Å². The van der Waals surface area contributed by atoms with Gasteiger partial charge >= 0.3 is 39.5 Å². The average molecular weight is 1350 g/mol. The van der Waals surface area contributed by atoms with E-state index in [-0.39, 0.29) is 25.7 Å². The van der Waals surface area contributed by atoms with Crippen LogP contribution < -0.4 is 0 Å². The molecule has 0 radical (unpaired) electrons. The number of carbonyl (C=O) groups excluding carboxylic acids is 4. The summed E-state index contributed by atoms with van der Waals surface area (Å²) in [6.45, 7) is 9.62. The highest BCUT2D eigenvalue weighted by Crippen LogP contribution is 2.45. The first-order valence-corrected chi connectivity index (χ1v) is 41.0. The van der Waals surface area contributed by atoms with Crippen molar-refractivity contribution < 1.29 is 80.2 Å². The van der Waals surface area contributed by atoms with E-state index in [1.807, 2.05) is 0 Å². The third-order valence-electron chi connectivity index (χ3n) is 17.3. The van der Waals surface area contributed by atoms with Crippen molar-refractivity contribution in [2.75, 3.05) is 39.6 Å². The summed E-state index contributed by atoms with van der Waals surface area (Å²) in [5, 5.41) is 10.6. The van der Waals surface area contributed by atoms with Crippen molar-refractivity contribution in [2.24, 2.45) is 11.8 Å². The number of ether oxygens (including phenoxy) is 4. The monoisotopic (exact) mass is 1350 g/mol. The highest BCUT2D eigenvalue weighted by atomic mass is 31.2. The van der Waals surface area contributed by atoms with Gasteiger partial charge in [0.15, 0.2) is 12.2 Å². The van der Waals surface area contributed by atoms with Gasteiger partial charge in [-0.2, -0.15) is 0 Å². The van der Waals surface area contributed by atoms with Crippen LogP contribution in [0.15, 0.2) is 0 Å². The number of aliphatic hydroxyl groups is 1. The number of aliphatic hydroxyl groups excluding tert-OH is 1. The molecule has 6 atom stereocenters. The van der Waals surface area contributed by atoms with Crippen molar-refractivity contribution in [1.82, 2.24) is 0 Å². The first kappa shape index (κ1) is 90.1. The first-order valence-electron chi connectivity index (χ1n) is 38.0. The standard InChI is InChI=1S/C73H142O17P2/c1-7-10-12-14-16-18-32-39-45-51-57-72(77)89-68(61-83-70(75)55-49-43-37-29-17-15-13-11-8-2)63-87-91(79,80)85-59-67(74)60-86-92(81,82)88-64-69(62-84-71(76)56-50-44-38-33-27-24-23-25-30-35-41-47-53-65(4)5)90-73(78)58-52-46-40-34-28-22-20-19-21-26-31-36-42-48-54-66(6)9-3/h65-69,74H,7-64H2,1-6H3,(H,79,80)(H,81,82)/t66?,67-,68+,69+/m0/s1. The van der Waals surface area contributed by atoms with Crippen LogP contribution in [0, 0.1) is 11.8 Å². The fourth-order valence-corrected chi connectivity index (χ4v) is 12.7. The van der Waals surface area contributed by atoms with E-state index >= 15 is 0 Å². The summed E-state index contributed by atoms with van der Waals surface area (Å²) in [4.78, 5) is 72.6. The number of carbonyl (C=O) groups is 4. The third-order valence-corrected chi connectivity index (χ3v) is 19.2. The van der Waals surface area contributed by atoms with Gasteiger partial charge in [-0.15, -0.1) is 0 Å². The van der Waals surface area contributed by atoms with Crippen LogP contribution >= 0.6 is 15.6 Å². The molecule has 0 aromatic rings. The maximum Gasteiger partial charge on any atom is 0.472 e. The van der Waals surface area contributed by atoms with Crippen LogP contribution in [-0.4, -0.2) is 96.7 Å². The van der Waals surface area contributed by atoms with Gasteiger partial charge in [-0.25, -0.2) is 9.13 Å². The second kappa shape index (κ2) is 65.0. The molecule has 0 aliphatic rings. The second-order valence-electron chi connectivity index (χ2n) is 27.1. The van der Waals surface area contributed by atoms with E-state index in [1.54, 1.807) is 0 Å². The molecule has 0 bridgehead atoms. The molecular weight excluding hydrogens is 1210 g/mol. The van der Waals surface area contributed by atoms with E-state index in [9.17, 15) is 43.2 Å². The molecule has 0 aliphatic carbocycles. The lowest BCUT2D eigenvalue weighted by Gasteiger charge is -2.21. The number of hydrogen-bond acceptors (Lipinski definition) is 15. The summed E-state index contributed by atoms with van der Waals surface area (Å²) < 4.78 is 68.3. The van der Waals surface area contributed by atoms with Gasteiger partial charge in [-0.3, -0.25) is 37.3 Å². The maximum absolute atomic E-state index is 13.1. The molecule has 0 rings (SSSR count). The molecule has 17 nitrogen and oxygen atoms in total. The Morgan fingerprint density at radius 3 is 0.826 bits per heavy atom. The van der Waals surface area contributed by atoms with Crippen LogP contribution in [0.1, 0.15) is 375 Å². The zero-order valence-corrected chi connectivity index (χ0v) is 61.6. The summed E-state index contributed by atoms with van der Waals surface area (Å²) in [5.74, 6) is -0.493. The van der Waals surface area contributed by atoms with Gasteiger partial charge in [0, 0.05) is 25.7 Å². The fourth-order valence-electron chi connectivity index (χ4n) is 11.1. The number of unbranched alkanes of at least 4 members (excludes halogenated alkanes) is 41. The fraction of sp³-hybridized carbons (Fsp3) is 0.945. The van der Waals surface area contributed by atoms with Crippen molar-refractivity contribution >= 4 is 39.5 Å². The van der Waals surface area contributed by atoms with Crippen molar-refractivity contribution in [1.29, 1.82) is 0 Å².